The molecule has 0 bridgehead atoms. The van der Waals surface area contributed by atoms with Gasteiger partial charge in [0.25, 0.3) is 10.0 Å². The van der Waals surface area contributed by atoms with Gasteiger partial charge >= 0.3 is 0 Å². The van der Waals surface area contributed by atoms with E-state index in [-0.39, 0.29) is 22.4 Å². The Labute approximate surface area is 230 Å². The van der Waals surface area contributed by atoms with Crippen LogP contribution in [0.3, 0.4) is 0 Å². The van der Waals surface area contributed by atoms with Crippen LogP contribution in [0.4, 0.5) is 11.4 Å². The van der Waals surface area contributed by atoms with Crippen LogP contribution in [-0.2, 0) is 14.8 Å². The molecule has 1 N–H and O–H groups in total. The molecule has 1 heterocycles. The smallest absolute Gasteiger partial charge is 0.264 e. The van der Waals surface area contributed by atoms with E-state index in [9.17, 15) is 13.2 Å². The highest BCUT2D eigenvalue weighted by molar-refractivity contribution is 7.92. The summed E-state index contributed by atoms with van der Waals surface area (Å²) in [5.41, 5.74) is 2.30. The van der Waals surface area contributed by atoms with Gasteiger partial charge in [0, 0.05) is 23.8 Å². The number of rotatable bonds is 9. The average molecular weight is 556 g/mol. The summed E-state index contributed by atoms with van der Waals surface area (Å²) in [6.45, 7) is 5.81. The van der Waals surface area contributed by atoms with Crippen molar-refractivity contribution in [3.63, 3.8) is 0 Å². The number of halogens is 1. The zero-order chi connectivity index (χ0) is 27.3. The van der Waals surface area contributed by atoms with Crippen LogP contribution in [0.15, 0.2) is 77.7 Å². The van der Waals surface area contributed by atoms with Crippen LogP contribution in [0.2, 0.25) is 5.02 Å². The summed E-state index contributed by atoms with van der Waals surface area (Å²) in [4.78, 5) is 15.7. The van der Waals surface area contributed by atoms with Gasteiger partial charge in [0.15, 0.2) is 0 Å². The van der Waals surface area contributed by atoms with Gasteiger partial charge < -0.3 is 15.0 Å². The molecule has 1 aliphatic rings. The summed E-state index contributed by atoms with van der Waals surface area (Å²) in [6.07, 6.45) is 2.45. The van der Waals surface area contributed by atoms with Crippen molar-refractivity contribution in [3.8, 4) is 5.75 Å². The lowest BCUT2D eigenvalue weighted by molar-refractivity contribution is -0.120. The third-order valence-corrected chi connectivity index (χ3v) is 8.83. The molecule has 9 heteroatoms. The first-order valence-corrected chi connectivity index (χ1v) is 14.6. The molecule has 202 valence electrons. The van der Waals surface area contributed by atoms with Gasteiger partial charge in [-0.15, -0.1) is 0 Å². The standard InChI is InChI=1S/C29H34ClN3O4S/c1-21-8-7-17-32(19-21)25-14-11-23(12-15-25)22(2)31-29(34)20-33(27-18-24(30)13-16-28(27)37-3)38(35,36)26-9-5-4-6-10-26/h4-6,9-16,18,21-22H,7-8,17,19-20H2,1-3H3,(H,31,34). The minimum absolute atomic E-state index is 0.0606. The predicted molar refractivity (Wildman–Crippen MR) is 153 cm³/mol. The lowest BCUT2D eigenvalue weighted by Crippen LogP contribution is -2.41. The third kappa shape index (κ3) is 6.42. The minimum atomic E-state index is -4.09. The molecule has 2 unspecified atom stereocenters. The molecule has 7 nitrogen and oxygen atoms in total. The van der Waals surface area contributed by atoms with Crippen molar-refractivity contribution >= 4 is 38.9 Å². The van der Waals surface area contributed by atoms with Gasteiger partial charge in [0.05, 0.1) is 23.7 Å². The number of methoxy groups -OCH3 is 1. The largest absolute Gasteiger partial charge is 0.495 e. The highest BCUT2D eigenvalue weighted by Gasteiger charge is 2.30. The predicted octanol–water partition coefficient (Wildman–Crippen LogP) is 5.66. The number of hydrogen-bond donors (Lipinski definition) is 1. The first kappa shape index (κ1) is 27.8. The Hall–Kier alpha value is -3.23. The fourth-order valence-electron chi connectivity index (χ4n) is 4.78. The van der Waals surface area contributed by atoms with E-state index in [1.807, 2.05) is 19.1 Å². The van der Waals surface area contributed by atoms with Crippen LogP contribution in [0.5, 0.6) is 5.75 Å². The maximum absolute atomic E-state index is 13.7. The Morgan fingerprint density at radius 1 is 1.13 bits per heavy atom. The molecule has 1 saturated heterocycles. The molecule has 1 amide bonds. The molecular formula is C29H34ClN3O4S. The van der Waals surface area contributed by atoms with E-state index in [0.29, 0.717) is 10.9 Å². The average Bonchev–Trinajstić information content (AvgIpc) is 2.92. The van der Waals surface area contributed by atoms with E-state index in [2.05, 4.69) is 29.3 Å². The van der Waals surface area contributed by atoms with Gasteiger partial charge in [-0.2, -0.15) is 0 Å². The van der Waals surface area contributed by atoms with Crippen LogP contribution in [0.1, 0.15) is 38.3 Å². The molecular weight excluding hydrogens is 522 g/mol. The van der Waals surface area contributed by atoms with Crippen molar-refractivity contribution in [1.29, 1.82) is 0 Å². The lowest BCUT2D eigenvalue weighted by Gasteiger charge is -2.33. The van der Waals surface area contributed by atoms with E-state index in [1.54, 1.807) is 30.3 Å². The fourth-order valence-corrected chi connectivity index (χ4v) is 6.39. The van der Waals surface area contributed by atoms with Crippen molar-refractivity contribution in [2.24, 2.45) is 5.92 Å². The van der Waals surface area contributed by atoms with Crippen molar-refractivity contribution in [2.45, 2.75) is 37.6 Å². The molecule has 0 aliphatic carbocycles. The number of anilines is 2. The van der Waals surface area contributed by atoms with Crippen molar-refractivity contribution < 1.29 is 17.9 Å². The highest BCUT2D eigenvalue weighted by atomic mass is 35.5. The quantitative estimate of drug-likeness (QED) is 0.369. The van der Waals surface area contributed by atoms with E-state index in [4.69, 9.17) is 16.3 Å². The molecule has 3 aromatic rings. The van der Waals surface area contributed by atoms with E-state index in [0.717, 1.165) is 23.0 Å². The summed E-state index contributed by atoms with van der Waals surface area (Å²) < 4.78 is 33.8. The minimum Gasteiger partial charge on any atom is -0.495 e. The molecule has 0 spiro atoms. The Morgan fingerprint density at radius 3 is 2.50 bits per heavy atom. The van der Waals surface area contributed by atoms with Gasteiger partial charge in [-0.25, -0.2) is 8.42 Å². The number of hydrogen-bond acceptors (Lipinski definition) is 5. The van der Waals surface area contributed by atoms with Gasteiger partial charge in [-0.1, -0.05) is 48.9 Å². The Balaban J connectivity index is 1.54. The Kier molecular flexibility index (Phi) is 8.84. The van der Waals surface area contributed by atoms with Crippen LogP contribution in [0.25, 0.3) is 0 Å². The van der Waals surface area contributed by atoms with Gasteiger partial charge in [0.2, 0.25) is 5.91 Å². The molecule has 0 radical (unpaired) electrons. The van der Waals surface area contributed by atoms with Crippen molar-refractivity contribution in [1.82, 2.24) is 5.32 Å². The molecule has 1 aliphatic heterocycles. The topological polar surface area (TPSA) is 79.0 Å². The fraction of sp³-hybridized carbons (Fsp3) is 0.345. The van der Waals surface area contributed by atoms with E-state index in [1.165, 1.54) is 43.8 Å². The number of carbonyl (C=O) groups is 1. The number of ether oxygens (including phenoxy) is 1. The van der Waals surface area contributed by atoms with Gasteiger partial charge in [-0.3, -0.25) is 9.10 Å². The summed E-state index contributed by atoms with van der Waals surface area (Å²) in [7, 11) is -2.65. The number of nitrogens with zero attached hydrogens (tertiary/aromatic N) is 2. The summed E-state index contributed by atoms with van der Waals surface area (Å²) in [5.74, 6) is 0.514. The number of sulfonamides is 1. The Bertz CT molecular complexity index is 1350. The number of piperidine rings is 1. The second-order valence-electron chi connectivity index (χ2n) is 9.72. The first-order valence-electron chi connectivity index (χ1n) is 12.7. The van der Waals surface area contributed by atoms with Crippen LogP contribution in [-0.4, -0.2) is 41.1 Å². The van der Waals surface area contributed by atoms with Gasteiger partial charge in [-0.05, 0) is 73.7 Å². The van der Waals surface area contributed by atoms with E-state index < -0.39 is 22.5 Å². The second kappa shape index (κ2) is 12.1. The van der Waals surface area contributed by atoms with Crippen LogP contribution in [0, 0.1) is 5.92 Å². The SMILES string of the molecule is COc1ccc(Cl)cc1N(CC(=O)NC(C)c1ccc(N2CCCC(C)C2)cc1)S(=O)(=O)c1ccccc1. The molecule has 1 fully saturated rings. The van der Waals surface area contributed by atoms with Crippen LogP contribution >= 0.6 is 11.6 Å². The maximum atomic E-state index is 13.7. The summed E-state index contributed by atoms with van der Waals surface area (Å²) >= 11 is 6.21. The number of nitrogens with one attached hydrogen (secondary N) is 1. The summed E-state index contributed by atoms with van der Waals surface area (Å²) in [5, 5.41) is 3.27. The zero-order valence-electron chi connectivity index (χ0n) is 21.9. The normalized spacial score (nSPS) is 16.5. The third-order valence-electron chi connectivity index (χ3n) is 6.82. The first-order chi connectivity index (χ1) is 18.2. The summed E-state index contributed by atoms with van der Waals surface area (Å²) in [6, 6.07) is 20.5. The lowest BCUT2D eigenvalue weighted by atomic mass is 9.99. The number of carbonyl (C=O) groups excluding carboxylic acids is 1. The van der Waals surface area contributed by atoms with Crippen molar-refractivity contribution in [2.75, 3.05) is 35.9 Å². The monoisotopic (exact) mass is 555 g/mol. The molecule has 4 rings (SSSR count). The highest BCUT2D eigenvalue weighted by Crippen LogP contribution is 2.35. The molecule has 0 aromatic heterocycles. The zero-order valence-corrected chi connectivity index (χ0v) is 23.5. The van der Waals surface area contributed by atoms with Crippen LogP contribution < -0.4 is 19.3 Å². The van der Waals surface area contributed by atoms with Gasteiger partial charge in [0.1, 0.15) is 12.3 Å². The maximum Gasteiger partial charge on any atom is 0.264 e. The number of benzene rings is 3. The van der Waals surface area contributed by atoms with E-state index >= 15 is 0 Å². The Morgan fingerprint density at radius 2 is 1.84 bits per heavy atom. The molecule has 38 heavy (non-hydrogen) atoms. The van der Waals surface area contributed by atoms with Crippen molar-refractivity contribution in [3.05, 3.63) is 83.4 Å². The second-order valence-corrected chi connectivity index (χ2v) is 12.0. The molecule has 0 saturated carbocycles. The number of amides is 1. The molecule has 2 atom stereocenters. The molecule has 3 aromatic carbocycles.